The Kier molecular flexibility index (Phi) is 5.78. The Morgan fingerprint density at radius 2 is 1.81 bits per heavy atom. The SMILES string of the molecule is Cc1ccc(S(=O)(=O)CN=C2SC(=C(Cl)C(=S)Cl)S2)cc1. The number of rotatable bonds is 4. The molecule has 1 aliphatic heterocycles. The second-order valence-electron chi connectivity index (χ2n) is 4.06. The summed E-state index contributed by atoms with van der Waals surface area (Å²) >= 11 is 18.8. The van der Waals surface area contributed by atoms with Gasteiger partial charge in [-0.05, 0) is 19.1 Å². The van der Waals surface area contributed by atoms with Crippen LogP contribution in [0.1, 0.15) is 5.56 Å². The van der Waals surface area contributed by atoms with Crippen LogP contribution in [0, 0.1) is 6.92 Å². The second-order valence-corrected chi connectivity index (χ2v) is 9.92. The topological polar surface area (TPSA) is 46.5 Å². The highest BCUT2D eigenvalue weighted by atomic mass is 35.5. The lowest BCUT2D eigenvalue weighted by Crippen LogP contribution is -2.08. The zero-order valence-corrected chi connectivity index (χ0v) is 15.4. The first-order chi connectivity index (χ1) is 9.79. The molecule has 0 amide bonds. The van der Waals surface area contributed by atoms with E-state index in [1.165, 1.54) is 23.5 Å². The molecule has 1 saturated heterocycles. The lowest BCUT2D eigenvalue weighted by Gasteiger charge is -2.18. The Balaban J connectivity index is 2.04. The Hall–Kier alpha value is -0.0500. The van der Waals surface area contributed by atoms with Gasteiger partial charge >= 0.3 is 0 Å². The Bertz CT molecular complexity index is 729. The number of hydrogen-bond donors (Lipinski definition) is 0. The predicted molar refractivity (Wildman–Crippen MR) is 97.2 cm³/mol. The highest BCUT2D eigenvalue weighted by molar-refractivity contribution is 8.57. The molecule has 0 atom stereocenters. The van der Waals surface area contributed by atoms with E-state index in [9.17, 15) is 8.42 Å². The van der Waals surface area contributed by atoms with Gasteiger partial charge in [0.25, 0.3) is 0 Å². The molecule has 1 heterocycles. The fraction of sp³-hybridized carbons (Fsp3) is 0.167. The van der Waals surface area contributed by atoms with E-state index in [1.807, 2.05) is 6.92 Å². The van der Waals surface area contributed by atoms with Crippen molar-refractivity contribution < 1.29 is 8.42 Å². The van der Waals surface area contributed by atoms with Crippen molar-refractivity contribution in [2.45, 2.75) is 11.8 Å². The van der Waals surface area contributed by atoms with Crippen LogP contribution in [-0.4, -0.2) is 23.0 Å². The lowest BCUT2D eigenvalue weighted by molar-refractivity contribution is 0.596. The van der Waals surface area contributed by atoms with Crippen LogP contribution in [0.3, 0.4) is 0 Å². The van der Waals surface area contributed by atoms with Crippen molar-refractivity contribution in [3.63, 3.8) is 0 Å². The third-order valence-electron chi connectivity index (χ3n) is 2.46. The number of aliphatic imine (C=N–C) groups is 1. The summed E-state index contributed by atoms with van der Waals surface area (Å²) in [6.07, 6.45) is 0. The van der Waals surface area contributed by atoms with Gasteiger partial charge in [0.1, 0.15) is 14.6 Å². The lowest BCUT2D eigenvalue weighted by atomic mass is 10.2. The molecule has 0 bridgehead atoms. The van der Waals surface area contributed by atoms with Gasteiger partial charge in [-0.2, -0.15) is 0 Å². The van der Waals surface area contributed by atoms with E-state index in [2.05, 4.69) is 4.99 Å². The number of benzene rings is 1. The molecule has 3 nitrogen and oxygen atoms in total. The Morgan fingerprint density at radius 3 is 2.33 bits per heavy atom. The largest absolute Gasteiger partial charge is 0.254 e. The molecule has 1 aromatic rings. The molecule has 0 aliphatic carbocycles. The van der Waals surface area contributed by atoms with Crippen molar-refractivity contribution >= 4 is 77.5 Å². The maximum Gasteiger partial charge on any atom is 0.198 e. The normalized spacial score (nSPS) is 14.6. The van der Waals surface area contributed by atoms with Crippen LogP contribution in [0.15, 0.2) is 43.4 Å². The average molecular weight is 398 g/mol. The van der Waals surface area contributed by atoms with E-state index >= 15 is 0 Å². The summed E-state index contributed by atoms with van der Waals surface area (Å²) in [5.74, 6) is -0.290. The summed E-state index contributed by atoms with van der Waals surface area (Å²) in [6, 6.07) is 6.68. The Morgan fingerprint density at radius 1 is 1.24 bits per heavy atom. The van der Waals surface area contributed by atoms with E-state index < -0.39 is 9.84 Å². The number of thiocarbonyl (C=S) groups is 1. The maximum absolute atomic E-state index is 12.1. The number of nitrogens with zero attached hydrogens (tertiary/aromatic N) is 1. The van der Waals surface area contributed by atoms with Gasteiger partial charge in [-0.25, -0.2) is 8.42 Å². The maximum atomic E-state index is 12.1. The molecular weight excluding hydrogens is 389 g/mol. The predicted octanol–water partition coefficient (Wildman–Crippen LogP) is 4.54. The summed E-state index contributed by atoms with van der Waals surface area (Å²) in [6.45, 7) is 1.90. The quantitative estimate of drug-likeness (QED) is 0.424. The minimum absolute atomic E-state index is 0.0954. The van der Waals surface area contributed by atoms with E-state index in [0.29, 0.717) is 9.41 Å². The van der Waals surface area contributed by atoms with Gasteiger partial charge in [-0.3, -0.25) is 4.99 Å². The monoisotopic (exact) mass is 397 g/mol. The first-order valence-corrected chi connectivity index (χ1v) is 10.0. The van der Waals surface area contributed by atoms with Crippen LogP contribution in [-0.2, 0) is 9.84 Å². The first-order valence-electron chi connectivity index (χ1n) is 5.59. The van der Waals surface area contributed by atoms with Gasteiger partial charge in [0.05, 0.1) is 14.2 Å². The number of sulfone groups is 1. The minimum atomic E-state index is -3.42. The number of aryl methyl sites for hydroxylation is 1. The van der Waals surface area contributed by atoms with Crippen molar-refractivity contribution in [1.82, 2.24) is 0 Å². The van der Waals surface area contributed by atoms with Crippen molar-refractivity contribution in [3.8, 4) is 0 Å². The van der Waals surface area contributed by atoms with Crippen molar-refractivity contribution in [3.05, 3.63) is 39.1 Å². The molecule has 21 heavy (non-hydrogen) atoms. The van der Waals surface area contributed by atoms with Crippen molar-refractivity contribution in [1.29, 1.82) is 0 Å². The molecule has 112 valence electrons. The van der Waals surface area contributed by atoms with Gasteiger partial charge in [-0.1, -0.05) is 76.6 Å². The van der Waals surface area contributed by atoms with Crippen LogP contribution in [0.2, 0.25) is 0 Å². The number of thioether (sulfide) groups is 2. The molecule has 2 rings (SSSR count). The van der Waals surface area contributed by atoms with E-state index in [1.54, 1.807) is 24.3 Å². The van der Waals surface area contributed by atoms with Crippen molar-refractivity contribution in [2.24, 2.45) is 4.99 Å². The summed E-state index contributed by atoms with van der Waals surface area (Å²) in [5.41, 5.74) is 1.01. The summed E-state index contributed by atoms with van der Waals surface area (Å²) in [5, 5.41) is 0.307. The highest BCUT2D eigenvalue weighted by Crippen LogP contribution is 2.49. The van der Waals surface area contributed by atoms with Crippen LogP contribution in [0.25, 0.3) is 0 Å². The molecule has 0 saturated carbocycles. The standard InChI is InChI=1S/C12H9Cl2NO2S4/c1-7-2-4-8(5-3-7)21(16,17)6-15-12-19-11(20-12)9(13)10(14)18/h2-5H,6H2,1H3. The van der Waals surface area contributed by atoms with Gasteiger partial charge in [0.15, 0.2) is 9.84 Å². The summed E-state index contributed by atoms with van der Waals surface area (Å²) in [4.78, 5) is 4.33. The number of allylic oxidation sites excluding steroid dienone is 1. The van der Waals surface area contributed by atoms with Gasteiger partial charge < -0.3 is 0 Å². The third-order valence-corrected chi connectivity index (χ3v) is 7.51. The third kappa shape index (κ3) is 4.46. The van der Waals surface area contributed by atoms with Crippen LogP contribution in [0.5, 0.6) is 0 Å². The number of hydrogen-bond acceptors (Lipinski definition) is 6. The van der Waals surface area contributed by atoms with Gasteiger partial charge in [-0.15, -0.1) is 0 Å². The van der Waals surface area contributed by atoms with Crippen LogP contribution in [0.4, 0.5) is 0 Å². The second kappa shape index (κ2) is 7.02. The summed E-state index contributed by atoms with van der Waals surface area (Å²) in [7, 11) is -3.42. The minimum Gasteiger partial charge on any atom is -0.254 e. The molecular formula is C12H9Cl2NO2S4. The fourth-order valence-corrected chi connectivity index (χ4v) is 4.89. The summed E-state index contributed by atoms with van der Waals surface area (Å²) < 4.78 is 25.7. The molecule has 0 N–H and O–H groups in total. The molecule has 0 spiro atoms. The average Bonchev–Trinajstić information content (AvgIpc) is 2.36. The van der Waals surface area contributed by atoms with Crippen LogP contribution >= 0.6 is 58.9 Å². The smallest absolute Gasteiger partial charge is 0.198 e. The van der Waals surface area contributed by atoms with Crippen LogP contribution < -0.4 is 0 Å². The van der Waals surface area contributed by atoms with Gasteiger partial charge in [0, 0.05) is 0 Å². The molecule has 1 aliphatic rings. The van der Waals surface area contributed by atoms with Crippen molar-refractivity contribution in [2.75, 3.05) is 5.88 Å². The molecule has 9 heteroatoms. The zero-order chi connectivity index (χ0) is 15.6. The Labute approximate surface area is 147 Å². The molecule has 1 fully saturated rings. The fourth-order valence-electron chi connectivity index (χ4n) is 1.36. The first kappa shape index (κ1) is 17.3. The number of halogens is 2. The van der Waals surface area contributed by atoms with E-state index in [0.717, 1.165) is 9.80 Å². The molecule has 1 aromatic carbocycles. The van der Waals surface area contributed by atoms with E-state index in [4.69, 9.17) is 35.4 Å². The highest BCUT2D eigenvalue weighted by Gasteiger charge is 2.25. The molecule has 0 aromatic heterocycles. The molecule has 0 radical (unpaired) electrons. The van der Waals surface area contributed by atoms with Gasteiger partial charge in [0.2, 0.25) is 0 Å². The zero-order valence-electron chi connectivity index (χ0n) is 10.7. The molecule has 0 unspecified atom stereocenters. The van der Waals surface area contributed by atoms with E-state index in [-0.39, 0.29) is 15.1 Å².